The summed E-state index contributed by atoms with van der Waals surface area (Å²) >= 11 is 0. The maximum atomic E-state index is 5.10. The Balaban J connectivity index is 3.27. The van der Waals surface area contributed by atoms with Gasteiger partial charge in [-0.1, -0.05) is 15.8 Å². The van der Waals surface area contributed by atoms with Crippen molar-refractivity contribution in [3.63, 3.8) is 0 Å². The van der Waals surface area contributed by atoms with Crippen molar-refractivity contribution in [2.45, 2.75) is 0 Å². The lowest BCUT2D eigenvalue weighted by Crippen LogP contribution is -1.97. The van der Waals surface area contributed by atoms with Gasteiger partial charge in [0, 0.05) is 14.2 Å². The van der Waals surface area contributed by atoms with E-state index in [1.165, 1.54) is 12.3 Å². The lowest BCUT2D eigenvalue weighted by molar-refractivity contribution is 0.254. The average molecular weight is 210 g/mol. The fraction of sp³-hybridized carbons (Fsp3) is 1.00. The number of rotatable bonds is 7. The molecular formula is C8H20O2P2. The van der Waals surface area contributed by atoms with Gasteiger partial charge in [-0.3, -0.25) is 0 Å². The van der Waals surface area contributed by atoms with Crippen LogP contribution in [0.25, 0.3) is 0 Å². The molecule has 0 bridgehead atoms. The minimum atomic E-state index is 0.115. The Hall–Kier alpha value is 0.780. The molecule has 12 heavy (non-hydrogen) atoms. The highest BCUT2D eigenvalue weighted by Crippen LogP contribution is 2.37. The molecule has 0 rings (SSSR count). The summed E-state index contributed by atoms with van der Waals surface area (Å²) in [6.45, 7) is 4.60. The number of hydrogen-bond donors (Lipinski definition) is 0. The summed E-state index contributed by atoms with van der Waals surface area (Å²) in [5, 5.41) is 0. The van der Waals surface area contributed by atoms with Crippen LogP contribution in [-0.4, -0.2) is 52.6 Å². The second-order valence-corrected chi connectivity index (χ2v) is 7.83. The standard InChI is InChI=1S/C8H20O2P2/c1-9-7-11(3)5-6-12(4)8-10-2/h5-8H2,1-4H3. The lowest BCUT2D eigenvalue weighted by Gasteiger charge is -2.14. The smallest absolute Gasteiger partial charge is 0.0652 e. The predicted octanol–water partition coefficient (Wildman–Crippen LogP) is 2.42. The summed E-state index contributed by atoms with van der Waals surface area (Å²) in [5.74, 6) is 0. The summed E-state index contributed by atoms with van der Waals surface area (Å²) < 4.78 is 10.2. The highest BCUT2D eigenvalue weighted by atomic mass is 31.1. The average Bonchev–Trinajstić information content (AvgIpc) is 2.02. The fourth-order valence-corrected chi connectivity index (χ4v) is 4.78. The van der Waals surface area contributed by atoms with E-state index in [2.05, 4.69) is 13.3 Å². The van der Waals surface area contributed by atoms with Crippen molar-refractivity contribution in [3.8, 4) is 0 Å². The van der Waals surface area contributed by atoms with E-state index in [-0.39, 0.29) is 15.8 Å². The molecule has 2 nitrogen and oxygen atoms in total. The van der Waals surface area contributed by atoms with E-state index >= 15 is 0 Å². The molecule has 0 spiro atoms. The van der Waals surface area contributed by atoms with Crippen LogP contribution in [0.3, 0.4) is 0 Å². The molecule has 74 valence electrons. The molecule has 0 aromatic carbocycles. The zero-order valence-corrected chi connectivity index (χ0v) is 10.3. The van der Waals surface area contributed by atoms with Crippen LogP contribution in [0.1, 0.15) is 0 Å². The van der Waals surface area contributed by atoms with E-state index in [4.69, 9.17) is 9.47 Å². The zero-order valence-electron chi connectivity index (χ0n) is 8.54. The van der Waals surface area contributed by atoms with Gasteiger partial charge in [0.15, 0.2) is 0 Å². The Bertz CT molecular complexity index is 89.1. The Morgan fingerprint density at radius 2 is 1.17 bits per heavy atom. The molecule has 0 heterocycles. The van der Waals surface area contributed by atoms with Crippen LogP contribution in [0.5, 0.6) is 0 Å². The van der Waals surface area contributed by atoms with Crippen molar-refractivity contribution in [2.24, 2.45) is 0 Å². The molecule has 0 radical (unpaired) electrons. The van der Waals surface area contributed by atoms with Gasteiger partial charge in [-0.2, -0.15) is 0 Å². The first kappa shape index (κ1) is 12.8. The van der Waals surface area contributed by atoms with Crippen molar-refractivity contribution in [1.82, 2.24) is 0 Å². The third-order valence-corrected chi connectivity index (χ3v) is 5.29. The van der Waals surface area contributed by atoms with Gasteiger partial charge in [-0.15, -0.1) is 0 Å². The topological polar surface area (TPSA) is 18.5 Å². The Labute approximate surface area is 78.5 Å². The molecule has 2 atom stereocenters. The predicted molar refractivity (Wildman–Crippen MR) is 59.2 cm³/mol. The summed E-state index contributed by atoms with van der Waals surface area (Å²) in [7, 11) is 3.79. The molecule has 0 amide bonds. The molecule has 0 aliphatic heterocycles. The Morgan fingerprint density at radius 3 is 1.42 bits per heavy atom. The van der Waals surface area contributed by atoms with Gasteiger partial charge in [0.25, 0.3) is 0 Å². The van der Waals surface area contributed by atoms with Crippen molar-refractivity contribution >= 4 is 15.8 Å². The lowest BCUT2D eigenvalue weighted by atomic mass is 11.0. The minimum Gasteiger partial charge on any atom is -0.380 e. The van der Waals surface area contributed by atoms with Gasteiger partial charge < -0.3 is 9.47 Å². The molecular weight excluding hydrogens is 190 g/mol. The molecule has 0 aromatic heterocycles. The van der Waals surface area contributed by atoms with Crippen LogP contribution >= 0.6 is 15.8 Å². The first-order valence-corrected chi connectivity index (χ1v) is 8.37. The second kappa shape index (κ2) is 8.38. The van der Waals surface area contributed by atoms with Gasteiger partial charge >= 0.3 is 0 Å². The van der Waals surface area contributed by atoms with Crippen LogP contribution in [-0.2, 0) is 9.47 Å². The molecule has 0 aromatic rings. The molecule has 2 unspecified atom stereocenters. The molecule has 0 aliphatic carbocycles. The molecule has 0 aliphatic rings. The first-order chi connectivity index (χ1) is 5.70. The molecule has 4 heteroatoms. The Kier molecular flexibility index (Phi) is 8.93. The van der Waals surface area contributed by atoms with E-state index in [1.54, 1.807) is 14.2 Å². The van der Waals surface area contributed by atoms with Crippen molar-refractivity contribution in [3.05, 3.63) is 0 Å². The summed E-state index contributed by atoms with van der Waals surface area (Å²) in [4.78, 5) is 0. The van der Waals surface area contributed by atoms with Crippen LogP contribution < -0.4 is 0 Å². The van der Waals surface area contributed by atoms with Crippen molar-refractivity contribution in [2.75, 3.05) is 52.6 Å². The van der Waals surface area contributed by atoms with Crippen LogP contribution in [0.4, 0.5) is 0 Å². The van der Waals surface area contributed by atoms with Crippen molar-refractivity contribution < 1.29 is 9.47 Å². The van der Waals surface area contributed by atoms with Gasteiger partial charge in [0.2, 0.25) is 0 Å². The zero-order chi connectivity index (χ0) is 9.40. The third-order valence-electron chi connectivity index (χ3n) is 1.56. The number of methoxy groups -OCH3 is 2. The summed E-state index contributed by atoms with van der Waals surface area (Å²) in [5.41, 5.74) is 0. The molecule has 0 saturated heterocycles. The van der Waals surface area contributed by atoms with Gasteiger partial charge in [0.1, 0.15) is 0 Å². The summed E-state index contributed by atoms with van der Waals surface area (Å²) in [6.07, 6.45) is 4.56. The Morgan fingerprint density at radius 1 is 0.833 bits per heavy atom. The molecule has 0 N–H and O–H groups in total. The van der Waals surface area contributed by atoms with Crippen LogP contribution in [0.2, 0.25) is 0 Å². The second-order valence-electron chi connectivity index (χ2n) is 2.99. The minimum absolute atomic E-state index is 0.115. The maximum Gasteiger partial charge on any atom is 0.0652 e. The third kappa shape index (κ3) is 7.43. The van der Waals surface area contributed by atoms with Crippen LogP contribution in [0.15, 0.2) is 0 Å². The first-order valence-electron chi connectivity index (χ1n) is 4.05. The number of hydrogen-bond acceptors (Lipinski definition) is 2. The fourth-order valence-electron chi connectivity index (χ4n) is 0.911. The van der Waals surface area contributed by atoms with E-state index in [1.807, 2.05) is 0 Å². The monoisotopic (exact) mass is 210 g/mol. The van der Waals surface area contributed by atoms with Gasteiger partial charge in [-0.05, 0) is 25.7 Å². The summed E-state index contributed by atoms with van der Waals surface area (Å²) in [6, 6.07) is 0. The maximum absolute atomic E-state index is 5.10. The van der Waals surface area contributed by atoms with E-state index < -0.39 is 0 Å². The van der Waals surface area contributed by atoms with Crippen LogP contribution in [0, 0.1) is 0 Å². The van der Waals surface area contributed by atoms with Gasteiger partial charge in [0.05, 0.1) is 12.7 Å². The van der Waals surface area contributed by atoms with E-state index in [0.29, 0.717) is 0 Å². The van der Waals surface area contributed by atoms with E-state index in [0.717, 1.165) is 12.7 Å². The quantitative estimate of drug-likeness (QED) is 0.601. The molecule has 0 fully saturated rings. The largest absolute Gasteiger partial charge is 0.380 e. The van der Waals surface area contributed by atoms with Crippen molar-refractivity contribution in [1.29, 1.82) is 0 Å². The van der Waals surface area contributed by atoms with Gasteiger partial charge in [-0.25, -0.2) is 0 Å². The normalized spacial score (nSPS) is 16.0. The number of ether oxygens (including phenoxy) is 2. The van der Waals surface area contributed by atoms with E-state index in [9.17, 15) is 0 Å². The molecule has 0 saturated carbocycles. The SMILES string of the molecule is COCP(C)CCP(C)COC. The highest BCUT2D eigenvalue weighted by molar-refractivity contribution is 7.60. The highest BCUT2D eigenvalue weighted by Gasteiger charge is 2.04.